The Morgan fingerprint density at radius 2 is 1.79 bits per heavy atom. The van der Waals surface area contributed by atoms with Crippen LogP contribution in [-0.2, 0) is 39.0 Å². The molecule has 0 saturated heterocycles. The van der Waals surface area contributed by atoms with Crippen LogP contribution < -0.4 is 15.0 Å². The molecule has 1 aliphatic heterocycles. The molecule has 1 N–H and O–H groups in total. The second-order valence-corrected chi connectivity index (χ2v) is 13.8. The number of fused-ring (bicyclic) bond motifs is 1. The molecule has 8 nitrogen and oxygen atoms in total. The van der Waals surface area contributed by atoms with Gasteiger partial charge in [0.05, 0.1) is 35.2 Å². The van der Waals surface area contributed by atoms with Crippen molar-refractivity contribution in [2.75, 3.05) is 43.6 Å². The van der Waals surface area contributed by atoms with Gasteiger partial charge in [0.15, 0.2) is 0 Å². The van der Waals surface area contributed by atoms with Gasteiger partial charge in [-0.2, -0.15) is 0 Å². The summed E-state index contributed by atoms with van der Waals surface area (Å²) in [5.74, 6) is 1.05. The number of carbonyl (C=O) groups excluding carboxylic acids is 1. The van der Waals surface area contributed by atoms with Crippen LogP contribution in [0.15, 0.2) is 83.7 Å². The average molecular weight is 669 g/mol. The topological polar surface area (TPSA) is 85.7 Å². The molecule has 2 heterocycles. The third-order valence-electron chi connectivity index (χ3n) is 8.51. The lowest BCUT2D eigenvalue weighted by molar-refractivity contribution is -0.112. The van der Waals surface area contributed by atoms with Crippen LogP contribution in [0.5, 0.6) is 5.75 Å². The van der Waals surface area contributed by atoms with E-state index in [1.165, 1.54) is 11.3 Å². The minimum atomic E-state index is -1.21. The van der Waals surface area contributed by atoms with Gasteiger partial charge >= 0.3 is 0 Å². The lowest BCUT2D eigenvalue weighted by Gasteiger charge is -2.30. The van der Waals surface area contributed by atoms with Crippen molar-refractivity contribution in [3.05, 3.63) is 95.6 Å². The van der Waals surface area contributed by atoms with Crippen LogP contribution in [-0.4, -0.2) is 53.1 Å². The zero-order valence-corrected chi connectivity index (χ0v) is 29.5. The summed E-state index contributed by atoms with van der Waals surface area (Å²) in [6.07, 6.45) is 10.8. The summed E-state index contributed by atoms with van der Waals surface area (Å²) in [7, 11) is 0.904. The first-order valence-corrected chi connectivity index (χ1v) is 18.3. The van der Waals surface area contributed by atoms with E-state index in [0.717, 1.165) is 79.9 Å². The largest absolute Gasteiger partial charge is 0.491 e. The third kappa shape index (κ3) is 9.23. The van der Waals surface area contributed by atoms with E-state index in [1.807, 2.05) is 54.0 Å². The Balaban J connectivity index is 1.27. The minimum absolute atomic E-state index is 0.176. The lowest BCUT2D eigenvalue weighted by Crippen LogP contribution is -2.25. The summed E-state index contributed by atoms with van der Waals surface area (Å²) < 4.78 is 26.6. The standard InChI is InChI=1S/C39H48N4O4S/c1-5-7-20-46-21-22-47-36-14-10-30(11-15-36)32-24-31-9-8-19-42(4)38(31)33(25-32)23-29(3)39(44)41-34-12-16-37(17-13-34)48(45)27-35-26-40-28-43(35)18-6-2/h10-17,23-26,28H,5-9,18-22,27H2,1-4H3,(H,41,44)/b29-23+/t48-/m0/s1. The zero-order valence-electron chi connectivity index (χ0n) is 28.7. The molecule has 48 heavy (non-hydrogen) atoms. The van der Waals surface area contributed by atoms with Crippen molar-refractivity contribution in [3.8, 4) is 16.9 Å². The number of nitrogens with zero attached hydrogens (tertiary/aromatic N) is 3. The fourth-order valence-corrected chi connectivity index (χ4v) is 7.04. The molecule has 1 amide bonds. The number of anilines is 2. The monoisotopic (exact) mass is 668 g/mol. The number of benzene rings is 3. The number of hydrogen-bond donors (Lipinski definition) is 1. The highest BCUT2D eigenvalue weighted by molar-refractivity contribution is 7.84. The Bertz CT molecular complexity index is 1710. The number of ether oxygens (including phenoxy) is 2. The van der Waals surface area contributed by atoms with Crippen molar-refractivity contribution in [1.82, 2.24) is 9.55 Å². The Kier molecular flexibility index (Phi) is 12.6. The van der Waals surface area contributed by atoms with Crippen LogP contribution in [0, 0.1) is 0 Å². The van der Waals surface area contributed by atoms with E-state index in [9.17, 15) is 9.00 Å². The number of amides is 1. The van der Waals surface area contributed by atoms with Gasteiger partial charge in [0.2, 0.25) is 0 Å². The SMILES string of the molecule is CCCCOCCOc1ccc(-c2cc(/C=C(\C)C(=O)Nc3ccc([S@@](=O)Cc4cncn4CCC)cc3)c3c(c2)CCCN3C)cc1. The number of carbonyl (C=O) groups is 1. The Labute approximate surface area is 287 Å². The molecule has 1 aliphatic rings. The fourth-order valence-electron chi connectivity index (χ4n) is 5.93. The van der Waals surface area contributed by atoms with Crippen LogP contribution in [0.3, 0.4) is 0 Å². The van der Waals surface area contributed by atoms with Gasteiger partial charge in [0, 0.05) is 54.8 Å². The molecular formula is C39H48N4O4S. The van der Waals surface area contributed by atoms with Gasteiger partial charge in [-0.25, -0.2) is 4.98 Å². The van der Waals surface area contributed by atoms with Crippen LogP contribution in [0.25, 0.3) is 17.2 Å². The molecule has 1 atom stereocenters. The molecule has 5 rings (SSSR count). The van der Waals surface area contributed by atoms with Crippen molar-refractivity contribution in [3.63, 3.8) is 0 Å². The highest BCUT2D eigenvalue weighted by atomic mass is 32.2. The summed E-state index contributed by atoms with van der Waals surface area (Å²) in [6.45, 7) is 9.82. The van der Waals surface area contributed by atoms with Gasteiger partial charge < -0.3 is 24.3 Å². The molecule has 0 spiro atoms. The van der Waals surface area contributed by atoms with Gasteiger partial charge in [-0.3, -0.25) is 9.00 Å². The first kappa shape index (κ1) is 35.1. The van der Waals surface area contributed by atoms with Crippen molar-refractivity contribution in [2.24, 2.45) is 0 Å². The smallest absolute Gasteiger partial charge is 0.251 e. The normalized spacial score (nSPS) is 13.7. The highest BCUT2D eigenvalue weighted by Gasteiger charge is 2.20. The third-order valence-corrected chi connectivity index (χ3v) is 9.87. The van der Waals surface area contributed by atoms with E-state index < -0.39 is 10.8 Å². The van der Waals surface area contributed by atoms with E-state index in [4.69, 9.17) is 9.47 Å². The van der Waals surface area contributed by atoms with Crippen molar-refractivity contribution < 1.29 is 18.5 Å². The summed E-state index contributed by atoms with van der Waals surface area (Å²) in [5, 5.41) is 3.02. The van der Waals surface area contributed by atoms with Gasteiger partial charge in [-0.05, 0) is 109 Å². The molecule has 0 unspecified atom stereocenters. The number of rotatable bonds is 16. The average Bonchev–Trinajstić information content (AvgIpc) is 3.53. The van der Waals surface area contributed by atoms with Crippen LogP contribution in [0.1, 0.15) is 63.3 Å². The predicted molar refractivity (Wildman–Crippen MR) is 196 cm³/mol. The molecule has 0 fully saturated rings. The minimum Gasteiger partial charge on any atom is -0.491 e. The van der Waals surface area contributed by atoms with Gasteiger partial charge in [-0.1, -0.05) is 32.4 Å². The molecule has 3 aromatic carbocycles. The molecular weight excluding hydrogens is 621 g/mol. The molecule has 0 saturated carbocycles. The molecule has 0 aliphatic carbocycles. The second-order valence-electron chi connectivity index (χ2n) is 12.3. The quantitative estimate of drug-likeness (QED) is 0.0966. The van der Waals surface area contributed by atoms with Crippen LogP contribution in [0.4, 0.5) is 11.4 Å². The first-order chi connectivity index (χ1) is 23.4. The Hall–Kier alpha value is -4.21. The summed E-state index contributed by atoms with van der Waals surface area (Å²) in [6, 6.07) is 19.9. The molecule has 1 aromatic heterocycles. The van der Waals surface area contributed by atoms with Gasteiger partial charge in [0.1, 0.15) is 12.4 Å². The Morgan fingerprint density at radius 3 is 2.54 bits per heavy atom. The van der Waals surface area contributed by atoms with Crippen molar-refractivity contribution >= 4 is 34.2 Å². The molecule has 254 valence electrons. The molecule has 0 radical (unpaired) electrons. The number of imidazole rings is 1. The molecule has 4 aromatic rings. The maximum Gasteiger partial charge on any atom is 0.251 e. The molecule has 9 heteroatoms. The highest BCUT2D eigenvalue weighted by Crippen LogP contribution is 2.36. The summed E-state index contributed by atoms with van der Waals surface area (Å²) in [4.78, 5) is 20.6. The van der Waals surface area contributed by atoms with Crippen molar-refractivity contribution in [2.45, 2.75) is 70.1 Å². The summed E-state index contributed by atoms with van der Waals surface area (Å²) >= 11 is 0. The number of aryl methyl sites for hydroxylation is 2. The maximum atomic E-state index is 13.4. The fraction of sp³-hybridized carbons (Fsp3) is 0.385. The van der Waals surface area contributed by atoms with E-state index in [0.29, 0.717) is 35.1 Å². The van der Waals surface area contributed by atoms with Crippen LogP contribution in [0.2, 0.25) is 0 Å². The maximum absolute atomic E-state index is 13.4. The number of aromatic nitrogens is 2. The lowest BCUT2D eigenvalue weighted by atomic mass is 9.92. The van der Waals surface area contributed by atoms with E-state index in [-0.39, 0.29) is 5.91 Å². The first-order valence-electron chi connectivity index (χ1n) is 17.0. The van der Waals surface area contributed by atoms with E-state index in [1.54, 1.807) is 12.5 Å². The van der Waals surface area contributed by atoms with E-state index in [2.05, 4.69) is 60.4 Å². The Morgan fingerprint density at radius 1 is 1.00 bits per heavy atom. The molecule has 0 bridgehead atoms. The number of nitrogens with one attached hydrogen (secondary N) is 1. The predicted octanol–water partition coefficient (Wildman–Crippen LogP) is 7.89. The summed E-state index contributed by atoms with van der Waals surface area (Å²) in [5.41, 5.74) is 7.91. The number of unbranched alkanes of at least 4 members (excludes halogenated alkanes) is 1. The van der Waals surface area contributed by atoms with Crippen molar-refractivity contribution in [1.29, 1.82) is 0 Å². The van der Waals surface area contributed by atoms with Crippen LogP contribution >= 0.6 is 0 Å². The van der Waals surface area contributed by atoms with Gasteiger partial charge in [-0.15, -0.1) is 0 Å². The zero-order chi connectivity index (χ0) is 33.9. The number of hydrogen-bond acceptors (Lipinski definition) is 6. The van der Waals surface area contributed by atoms with Gasteiger partial charge in [0.25, 0.3) is 5.91 Å². The van der Waals surface area contributed by atoms with E-state index >= 15 is 0 Å². The second kappa shape index (κ2) is 17.3.